The molecule has 0 aliphatic carbocycles. The summed E-state index contributed by atoms with van der Waals surface area (Å²) in [5.41, 5.74) is 0. The summed E-state index contributed by atoms with van der Waals surface area (Å²) < 4.78 is 0. The van der Waals surface area contributed by atoms with E-state index in [1.54, 1.807) is 0 Å². The molecule has 0 unspecified atom stereocenters. The maximum atomic E-state index is 10.3. The van der Waals surface area contributed by atoms with Crippen molar-refractivity contribution < 1.29 is 9.90 Å². The predicted molar refractivity (Wildman–Crippen MR) is 79.4 cm³/mol. The molecule has 1 aliphatic heterocycles. The van der Waals surface area contributed by atoms with Gasteiger partial charge in [0.15, 0.2) is 0 Å². The number of hydrogen-bond donors (Lipinski definition) is 2. The molecule has 3 nitrogen and oxygen atoms in total. The number of carbonyl (C=O) groups is 1. The van der Waals surface area contributed by atoms with Crippen molar-refractivity contribution in [3.8, 4) is 0 Å². The third-order valence-corrected chi connectivity index (χ3v) is 4.11. The van der Waals surface area contributed by atoms with Crippen molar-refractivity contribution in [1.29, 1.82) is 0 Å². The second-order valence-electron chi connectivity index (χ2n) is 5.91. The summed E-state index contributed by atoms with van der Waals surface area (Å²) in [6.45, 7) is 1.22. The van der Waals surface area contributed by atoms with Gasteiger partial charge in [-0.3, -0.25) is 4.79 Å². The number of carboxylic acids is 1. The van der Waals surface area contributed by atoms with Gasteiger partial charge in [-0.15, -0.1) is 0 Å². The number of unbranched alkanes of at least 4 members (excludes halogenated alkanes) is 7. The normalized spacial score (nSPS) is 19.5. The van der Waals surface area contributed by atoms with E-state index < -0.39 is 5.97 Å². The Morgan fingerprint density at radius 1 is 0.947 bits per heavy atom. The van der Waals surface area contributed by atoms with Crippen LogP contribution >= 0.6 is 0 Å². The first-order valence-corrected chi connectivity index (χ1v) is 8.24. The van der Waals surface area contributed by atoms with Crippen molar-refractivity contribution >= 4 is 5.97 Å². The highest BCUT2D eigenvalue weighted by Gasteiger charge is 2.11. The van der Waals surface area contributed by atoms with Crippen LogP contribution in [-0.4, -0.2) is 23.7 Å². The lowest BCUT2D eigenvalue weighted by atomic mass is 9.98. The summed E-state index contributed by atoms with van der Waals surface area (Å²) in [7, 11) is 0. The highest BCUT2D eigenvalue weighted by atomic mass is 16.4. The van der Waals surface area contributed by atoms with Crippen LogP contribution in [0.5, 0.6) is 0 Å². The third kappa shape index (κ3) is 9.94. The molecule has 1 atom stereocenters. The minimum Gasteiger partial charge on any atom is -0.481 e. The first-order chi connectivity index (χ1) is 9.29. The van der Waals surface area contributed by atoms with Gasteiger partial charge in [-0.1, -0.05) is 51.4 Å². The predicted octanol–water partition coefficient (Wildman–Crippen LogP) is 4.11. The molecule has 0 bridgehead atoms. The van der Waals surface area contributed by atoms with E-state index >= 15 is 0 Å². The summed E-state index contributed by atoms with van der Waals surface area (Å²) in [6, 6.07) is 0.796. The fraction of sp³-hybridized carbons (Fsp3) is 0.938. The number of rotatable bonds is 11. The molecule has 1 saturated heterocycles. The van der Waals surface area contributed by atoms with Crippen LogP contribution in [0.15, 0.2) is 0 Å². The molecule has 1 heterocycles. The van der Waals surface area contributed by atoms with Gasteiger partial charge in [-0.2, -0.15) is 0 Å². The second kappa shape index (κ2) is 11.3. The molecule has 3 heteroatoms. The van der Waals surface area contributed by atoms with Crippen LogP contribution in [-0.2, 0) is 4.79 Å². The van der Waals surface area contributed by atoms with Crippen LogP contribution < -0.4 is 5.32 Å². The van der Waals surface area contributed by atoms with E-state index in [9.17, 15) is 4.79 Å². The quantitative estimate of drug-likeness (QED) is 0.555. The van der Waals surface area contributed by atoms with Gasteiger partial charge >= 0.3 is 5.97 Å². The third-order valence-electron chi connectivity index (χ3n) is 4.11. The topological polar surface area (TPSA) is 49.3 Å². The van der Waals surface area contributed by atoms with Crippen molar-refractivity contribution in [3.63, 3.8) is 0 Å². The van der Waals surface area contributed by atoms with Gasteiger partial charge in [0.2, 0.25) is 0 Å². The molecule has 0 saturated carbocycles. The molecule has 0 amide bonds. The van der Waals surface area contributed by atoms with Gasteiger partial charge in [0.05, 0.1) is 0 Å². The maximum absolute atomic E-state index is 10.3. The molecule has 0 spiro atoms. The molecule has 112 valence electrons. The Kier molecular flexibility index (Phi) is 9.78. The van der Waals surface area contributed by atoms with Crippen LogP contribution in [0.1, 0.15) is 83.5 Å². The Bertz CT molecular complexity index is 225. The van der Waals surface area contributed by atoms with Crippen molar-refractivity contribution in [3.05, 3.63) is 0 Å². The summed E-state index contributed by atoms with van der Waals surface area (Å²) in [6.07, 6.45) is 15.7. The molecular formula is C16H31NO2. The van der Waals surface area contributed by atoms with Crippen LogP contribution in [0.3, 0.4) is 0 Å². The van der Waals surface area contributed by atoms with Crippen molar-refractivity contribution in [2.75, 3.05) is 6.54 Å². The molecule has 1 rings (SSSR count). The van der Waals surface area contributed by atoms with E-state index in [0.717, 1.165) is 18.9 Å². The van der Waals surface area contributed by atoms with Gasteiger partial charge in [0.25, 0.3) is 0 Å². The van der Waals surface area contributed by atoms with Crippen molar-refractivity contribution in [1.82, 2.24) is 5.32 Å². The fourth-order valence-corrected chi connectivity index (χ4v) is 2.90. The molecule has 0 aromatic carbocycles. The van der Waals surface area contributed by atoms with Crippen LogP contribution in [0.4, 0.5) is 0 Å². The summed E-state index contributed by atoms with van der Waals surface area (Å²) >= 11 is 0. The summed E-state index contributed by atoms with van der Waals surface area (Å²) in [4.78, 5) is 10.3. The van der Waals surface area contributed by atoms with Gasteiger partial charge in [0.1, 0.15) is 0 Å². The Morgan fingerprint density at radius 2 is 1.58 bits per heavy atom. The smallest absolute Gasteiger partial charge is 0.303 e. The summed E-state index contributed by atoms with van der Waals surface area (Å²) in [5.74, 6) is -0.656. The average molecular weight is 269 g/mol. The van der Waals surface area contributed by atoms with Gasteiger partial charge < -0.3 is 10.4 Å². The number of piperidine rings is 1. The molecule has 2 N–H and O–H groups in total. The average Bonchev–Trinajstić information content (AvgIpc) is 2.42. The number of carboxylic acid groups (broad SMARTS) is 1. The second-order valence-corrected chi connectivity index (χ2v) is 5.91. The zero-order valence-electron chi connectivity index (χ0n) is 12.3. The Balaban J connectivity index is 1.74. The largest absolute Gasteiger partial charge is 0.481 e. The molecular weight excluding hydrogens is 238 g/mol. The zero-order valence-corrected chi connectivity index (χ0v) is 12.3. The molecule has 0 radical (unpaired) electrons. The Hall–Kier alpha value is -0.570. The van der Waals surface area contributed by atoms with Crippen LogP contribution in [0.25, 0.3) is 0 Å². The van der Waals surface area contributed by atoms with Gasteiger partial charge in [-0.05, 0) is 32.2 Å². The highest BCUT2D eigenvalue weighted by molar-refractivity contribution is 5.66. The molecule has 0 aromatic heterocycles. The minimum absolute atomic E-state index is 0.342. The molecule has 1 fully saturated rings. The number of hydrogen-bond acceptors (Lipinski definition) is 2. The Morgan fingerprint density at radius 3 is 2.16 bits per heavy atom. The number of nitrogens with one attached hydrogen (secondary N) is 1. The fourth-order valence-electron chi connectivity index (χ4n) is 2.90. The lowest BCUT2D eigenvalue weighted by Gasteiger charge is -2.23. The van der Waals surface area contributed by atoms with E-state index in [0.29, 0.717) is 6.42 Å². The summed E-state index contributed by atoms with van der Waals surface area (Å²) in [5, 5.41) is 12.1. The van der Waals surface area contributed by atoms with E-state index in [-0.39, 0.29) is 0 Å². The number of aliphatic carboxylic acids is 1. The molecule has 1 aliphatic rings. The van der Waals surface area contributed by atoms with E-state index in [1.165, 1.54) is 70.8 Å². The van der Waals surface area contributed by atoms with Crippen molar-refractivity contribution in [2.45, 2.75) is 89.5 Å². The van der Waals surface area contributed by atoms with Crippen LogP contribution in [0, 0.1) is 0 Å². The lowest BCUT2D eigenvalue weighted by molar-refractivity contribution is -0.137. The zero-order chi connectivity index (χ0) is 13.8. The van der Waals surface area contributed by atoms with E-state index in [4.69, 9.17) is 5.11 Å². The van der Waals surface area contributed by atoms with E-state index in [1.807, 2.05) is 0 Å². The minimum atomic E-state index is -0.656. The Labute approximate surface area is 118 Å². The SMILES string of the molecule is O=C(O)CCCCCCCCCC[C@@H]1CCCCN1. The lowest BCUT2D eigenvalue weighted by Crippen LogP contribution is -2.33. The standard InChI is InChI=1S/C16H31NO2/c18-16(19)13-8-6-4-2-1-3-5-7-11-15-12-9-10-14-17-15/h15,17H,1-14H2,(H,18,19)/t15-/m1/s1. The molecule has 0 aromatic rings. The van der Waals surface area contributed by atoms with Gasteiger partial charge in [-0.25, -0.2) is 0 Å². The van der Waals surface area contributed by atoms with E-state index in [2.05, 4.69) is 5.32 Å². The molecule has 19 heavy (non-hydrogen) atoms. The van der Waals surface area contributed by atoms with Gasteiger partial charge in [0, 0.05) is 12.5 Å². The van der Waals surface area contributed by atoms with Crippen molar-refractivity contribution in [2.24, 2.45) is 0 Å². The van der Waals surface area contributed by atoms with Crippen LogP contribution in [0.2, 0.25) is 0 Å². The maximum Gasteiger partial charge on any atom is 0.303 e. The first kappa shape index (κ1) is 16.5. The first-order valence-electron chi connectivity index (χ1n) is 8.24. The monoisotopic (exact) mass is 269 g/mol. The highest BCUT2D eigenvalue weighted by Crippen LogP contribution is 2.15.